The van der Waals surface area contributed by atoms with E-state index >= 15 is 0 Å². The van der Waals surface area contributed by atoms with Crippen molar-refractivity contribution in [3.05, 3.63) is 24.3 Å². The highest BCUT2D eigenvalue weighted by Gasteiger charge is 2.20. The molecule has 0 aliphatic carbocycles. The van der Waals surface area contributed by atoms with Gasteiger partial charge in [-0.05, 0) is 62.8 Å². The molecule has 9 heteroatoms. The Bertz CT molecular complexity index is 811. The lowest BCUT2D eigenvalue weighted by molar-refractivity contribution is -0.118. The van der Waals surface area contributed by atoms with Crippen molar-refractivity contribution in [2.45, 2.75) is 38.5 Å². The molecule has 0 atom stereocenters. The number of aliphatic hydroxyl groups is 1. The predicted molar refractivity (Wildman–Crippen MR) is 117 cm³/mol. The van der Waals surface area contributed by atoms with Crippen LogP contribution in [0.5, 0.6) is 0 Å². The molecule has 3 N–H and O–H groups in total. The molecule has 3 heterocycles. The molecule has 0 unspecified atom stereocenters. The summed E-state index contributed by atoms with van der Waals surface area (Å²) in [5, 5.41) is 14.8. The lowest BCUT2D eigenvalue weighted by Gasteiger charge is -2.30. The third kappa shape index (κ3) is 5.15. The topological polar surface area (TPSA) is 107 Å². The Morgan fingerprint density at radius 1 is 0.800 bits per heavy atom. The monoisotopic (exact) mass is 411 g/mol. The zero-order valence-electron chi connectivity index (χ0n) is 17.2. The molecule has 2 saturated heterocycles. The molecule has 0 bridgehead atoms. The molecule has 0 spiro atoms. The van der Waals surface area contributed by atoms with Gasteiger partial charge in [0.2, 0.25) is 23.8 Å². The fourth-order valence-corrected chi connectivity index (χ4v) is 3.85. The number of hydrogen-bond donors (Lipinski definition) is 3. The fourth-order valence-electron chi connectivity index (χ4n) is 3.85. The quantitative estimate of drug-likeness (QED) is 0.666. The van der Waals surface area contributed by atoms with Gasteiger partial charge in [0.15, 0.2) is 0 Å². The Balaban J connectivity index is 1.55. The zero-order chi connectivity index (χ0) is 20.8. The minimum atomic E-state index is -0.538. The number of hydrogen-bond acceptors (Lipinski definition) is 8. The van der Waals surface area contributed by atoms with Crippen LogP contribution in [0.2, 0.25) is 0 Å². The Labute approximate surface area is 176 Å². The second kappa shape index (κ2) is 9.71. The molecule has 2 fully saturated rings. The zero-order valence-corrected chi connectivity index (χ0v) is 17.2. The van der Waals surface area contributed by atoms with E-state index in [2.05, 4.69) is 20.4 Å². The smallest absolute Gasteiger partial charge is 0.250 e. The van der Waals surface area contributed by atoms with Crippen molar-refractivity contribution in [1.29, 1.82) is 0 Å². The van der Waals surface area contributed by atoms with Gasteiger partial charge in [-0.3, -0.25) is 4.79 Å². The minimum absolute atomic E-state index is 0.439. The fraction of sp³-hybridized carbons (Fsp3) is 0.524. The van der Waals surface area contributed by atoms with Crippen molar-refractivity contribution < 1.29 is 9.90 Å². The molecule has 2 aliphatic heterocycles. The van der Waals surface area contributed by atoms with Crippen molar-refractivity contribution in [2.24, 2.45) is 0 Å². The number of nitrogens with zero attached hydrogens (tertiary/aromatic N) is 5. The molecule has 2 aliphatic rings. The van der Waals surface area contributed by atoms with Crippen molar-refractivity contribution in [3.8, 4) is 0 Å². The van der Waals surface area contributed by atoms with Gasteiger partial charge in [-0.15, -0.1) is 0 Å². The van der Waals surface area contributed by atoms with Gasteiger partial charge in [0.1, 0.15) is 6.61 Å². The summed E-state index contributed by atoms with van der Waals surface area (Å²) in [5.74, 6) is 1.56. The number of nitrogens with one attached hydrogen (secondary N) is 2. The largest absolute Gasteiger partial charge is 0.387 e. The van der Waals surface area contributed by atoms with Crippen LogP contribution in [0.4, 0.5) is 29.2 Å². The summed E-state index contributed by atoms with van der Waals surface area (Å²) in [4.78, 5) is 30.0. The molecule has 30 heavy (non-hydrogen) atoms. The molecule has 1 aromatic heterocycles. The molecule has 4 rings (SSSR count). The summed E-state index contributed by atoms with van der Waals surface area (Å²) in [6.07, 6.45) is 7.15. The van der Waals surface area contributed by atoms with Crippen LogP contribution in [0.3, 0.4) is 0 Å². The molecule has 1 aromatic carbocycles. The highest BCUT2D eigenvalue weighted by Crippen LogP contribution is 2.24. The van der Waals surface area contributed by atoms with Gasteiger partial charge >= 0.3 is 0 Å². The number of amides is 1. The maximum atomic E-state index is 11.3. The van der Waals surface area contributed by atoms with Gasteiger partial charge in [0.05, 0.1) is 0 Å². The van der Waals surface area contributed by atoms with Crippen molar-refractivity contribution in [3.63, 3.8) is 0 Å². The average molecular weight is 412 g/mol. The number of aliphatic hydroxyl groups excluding tert-OH is 1. The van der Waals surface area contributed by atoms with Crippen LogP contribution < -0.4 is 20.4 Å². The van der Waals surface area contributed by atoms with Crippen LogP contribution in [-0.2, 0) is 4.79 Å². The first-order valence-electron chi connectivity index (χ1n) is 10.7. The summed E-state index contributed by atoms with van der Waals surface area (Å²) < 4.78 is 0. The second-order valence-corrected chi connectivity index (χ2v) is 7.76. The lowest BCUT2D eigenvalue weighted by Crippen LogP contribution is -2.34. The van der Waals surface area contributed by atoms with E-state index in [0.29, 0.717) is 11.6 Å². The number of carbonyl (C=O) groups is 1. The summed E-state index contributed by atoms with van der Waals surface area (Å²) in [6, 6.07) is 7.23. The average Bonchev–Trinajstić information content (AvgIpc) is 2.81. The van der Waals surface area contributed by atoms with Gasteiger partial charge in [-0.2, -0.15) is 15.0 Å². The standard InChI is InChI=1S/C21H29N7O2/c29-15-18(30)22-16-7-9-17(10-8-16)23-19-24-20(27-11-3-1-4-12-27)26-21(25-19)28-13-5-2-6-14-28/h7-10,29H,1-6,11-15H2,(H,22,30)(H,23,24,25,26). The molecule has 1 amide bonds. The van der Waals surface area contributed by atoms with Crippen molar-refractivity contribution in [1.82, 2.24) is 15.0 Å². The number of rotatable bonds is 6. The Morgan fingerprint density at radius 3 is 1.80 bits per heavy atom. The van der Waals surface area contributed by atoms with Crippen LogP contribution in [0.25, 0.3) is 0 Å². The van der Waals surface area contributed by atoms with E-state index in [9.17, 15) is 4.79 Å². The SMILES string of the molecule is O=C(CO)Nc1ccc(Nc2nc(N3CCCCC3)nc(N3CCCCC3)n2)cc1. The number of benzene rings is 1. The van der Waals surface area contributed by atoms with Gasteiger partial charge in [-0.1, -0.05) is 0 Å². The van der Waals surface area contributed by atoms with E-state index in [0.717, 1.165) is 69.4 Å². The Kier molecular flexibility index (Phi) is 6.58. The number of anilines is 5. The Hall–Kier alpha value is -2.94. The van der Waals surface area contributed by atoms with E-state index in [-0.39, 0.29) is 0 Å². The first-order valence-corrected chi connectivity index (χ1v) is 10.7. The summed E-state index contributed by atoms with van der Waals surface area (Å²) in [5.41, 5.74) is 1.44. The number of piperidine rings is 2. The molecule has 0 saturated carbocycles. The second-order valence-electron chi connectivity index (χ2n) is 7.76. The first-order chi connectivity index (χ1) is 14.7. The van der Waals surface area contributed by atoms with Gasteiger partial charge in [0.25, 0.3) is 0 Å². The molecule has 2 aromatic rings. The number of aromatic nitrogens is 3. The van der Waals surface area contributed by atoms with Gasteiger partial charge < -0.3 is 25.5 Å². The summed E-state index contributed by atoms with van der Waals surface area (Å²) in [6.45, 7) is 3.36. The van der Waals surface area contributed by atoms with Gasteiger partial charge in [0, 0.05) is 37.6 Å². The molecular formula is C21H29N7O2. The minimum Gasteiger partial charge on any atom is -0.387 e. The van der Waals surface area contributed by atoms with Crippen LogP contribution in [0.1, 0.15) is 38.5 Å². The number of carbonyl (C=O) groups excluding carboxylic acids is 1. The third-order valence-electron chi connectivity index (χ3n) is 5.46. The van der Waals surface area contributed by atoms with Crippen molar-refractivity contribution in [2.75, 3.05) is 53.2 Å². The summed E-state index contributed by atoms with van der Waals surface area (Å²) in [7, 11) is 0. The first kappa shape index (κ1) is 20.3. The molecule has 160 valence electrons. The van der Waals surface area contributed by atoms with E-state index in [4.69, 9.17) is 20.1 Å². The van der Waals surface area contributed by atoms with E-state index in [1.807, 2.05) is 12.1 Å². The Morgan fingerprint density at radius 2 is 1.30 bits per heavy atom. The van der Waals surface area contributed by atoms with Gasteiger partial charge in [-0.25, -0.2) is 0 Å². The third-order valence-corrected chi connectivity index (χ3v) is 5.46. The summed E-state index contributed by atoms with van der Waals surface area (Å²) >= 11 is 0. The highest BCUT2D eigenvalue weighted by molar-refractivity contribution is 5.91. The van der Waals surface area contributed by atoms with Crippen LogP contribution in [-0.4, -0.2) is 58.8 Å². The maximum absolute atomic E-state index is 11.3. The van der Waals surface area contributed by atoms with E-state index in [1.165, 1.54) is 12.8 Å². The van der Waals surface area contributed by atoms with Crippen molar-refractivity contribution >= 4 is 35.1 Å². The molecule has 0 radical (unpaired) electrons. The van der Waals surface area contributed by atoms with Crippen LogP contribution in [0.15, 0.2) is 24.3 Å². The van der Waals surface area contributed by atoms with E-state index in [1.54, 1.807) is 12.1 Å². The lowest BCUT2D eigenvalue weighted by atomic mass is 10.1. The predicted octanol–water partition coefficient (Wildman–Crippen LogP) is 2.53. The normalized spacial score (nSPS) is 17.0. The molecular weight excluding hydrogens is 382 g/mol. The van der Waals surface area contributed by atoms with Crippen LogP contribution in [0, 0.1) is 0 Å². The van der Waals surface area contributed by atoms with Crippen LogP contribution >= 0.6 is 0 Å². The maximum Gasteiger partial charge on any atom is 0.250 e. The highest BCUT2D eigenvalue weighted by atomic mass is 16.3. The van der Waals surface area contributed by atoms with E-state index < -0.39 is 12.5 Å². The molecule has 9 nitrogen and oxygen atoms in total.